The molecule has 0 aromatic heterocycles. The van der Waals surface area contributed by atoms with Crippen molar-refractivity contribution in [1.82, 2.24) is 5.32 Å². The molecule has 6 heteroatoms. The summed E-state index contributed by atoms with van der Waals surface area (Å²) in [5.41, 5.74) is 3.44. The molecule has 2 atom stereocenters. The quantitative estimate of drug-likeness (QED) is 0.553. The number of benzene rings is 2. The van der Waals surface area contributed by atoms with E-state index in [2.05, 4.69) is 63.9 Å². The van der Waals surface area contributed by atoms with Gasteiger partial charge < -0.3 is 32.3 Å². The van der Waals surface area contributed by atoms with Crippen molar-refractivity contribution in [2.75, 3.05) is 20.8 Å². The predicted octanol–water partition coefficient (Wildman–Crippen LogP) is 1.31. The van der Waals surface area contributed by atoms with E-state index in [0.29, 0.717) is 23.8 Å². The topological polar surface area (TPSA) is 53.5 Å². The van der Waals surface area contributed by atoms with Gasteiger partial charge in [-0.15, -0.1) is 6.61 Å². The van der Waals surface area contributed by atoms with E-state index >= 15 is 0 Å². The zero-order valence-corrected chi connectivity index (χ0v) is 22.9. The first-order chi connectivity index (χ1) is 15.5. The molecule has 0 saturated heterocycles. The maximum absolute atomic E-state index is 11.4. The van der Waals surface area contributed by atoms with Crippen LogP contribution in [0.3, 0.4) is 0 Å². The zero-order valence-electron chi connectivity index (χ0n) is 20.5. The summed E-state index contributed by atoms with van der Waals surface area (Å²) < 4.78 is 10.8. The Hall–Kier alpha value is -1.13. The molecule has 34 heavy (non-hydrogen) atoms. The molecule has 4 rings (SSSR count). The van der Waals surface area contributed by atoms with Crippen LogP contribution in [0.25, 0.3) is 0 Å². The van der Waals surface area contributed by atoms with E-state index in [1.165, 1.54) is 11.8 Å². The molecule has 1 heterocycles. The number of halogens is 1. The van der Waals surface area contributed by atoms with Gasteiger partial charge in [0.05, 0.1) is 20.3 Å². The van der Waals surface area contributed by atoms with Crippen LogP contribution in [-0.4, -0.2) is 26.9 Å². The van der Waals surface area contributed by atoms with Gasteiger partial charge in [-0.05, 0) is 84.7 Å². The molecule has 1 fully saturated rings. The Morgan fingerprint density at radius 1 is 0.971 bits per heavy atom. The van der Waals surface area contributed by atoms with Crippen LogP contribution in [0, 0.1) is 43.4 Å². The van der Waals surface area contributed by atoms with Crippen LogP contribution in [0.15, 0.2) is 42.5 Å². The van der Waals surface area contributed by atoms with Crippen LogP contribution in [0.2, 0.25) is 0 Å². The van der Waals surface area contributed by atoms with E-state index in [1.54, 1.807) is 14.2 Å². The molecule has 1 N–H and O–H groups in total. The molecule has 2 aliphatic rings. The third-order valence-corrected chi connectivity index (χ3v) is 5.90. The number of fused-ring (bicyclic) bond motifs is 1. The van der Waals surface area contributed by atoms with Crippen molar-refractivity contribution in [2.45, 2.75) is 39.3 Å². The van der Waals surface area contributed by atoms with Gasteiger partial charge in [-0.1, -0.05) is 51.1 Å². The molecule has 184 valence electrons. The Balaban J connectivity index is 0.000000411. The largest absolute Gasteiger partial charge is 2.00 e. The Morgan fingerprint density at radius 2 is 1.56 bits per heavy atom. The molecule has 6 radical (unpaired) electrons. The van der Waals surface area contributed by atoms with E-state index in [4.69, 9.17) is 9.47 Å². The van der Waals surface area contributed by atoms with Crippen molar-refractivity contribution >= 4 is 0 Å². The van der Waals surface area contributed by atoms with Gasteiger partial charge in [0.15, 0.2) is 11.5 Å². The van der Waals surface area contributed by atoms with Gasteiger partial charge in [0.25, 0.3) is 0 Å². The fraction of sp³-hybridized carbons (Fsp3) is 0.357. The van der Waals surface area contributed by atoms with Crippen molar-refractivity contribution in [3.05, 3.63) is 96.7 Å². The van der Waals surface area contributed by atoms with Crippen molar-refractivity contribution in [3.63, 3.8) is 0 Å². The molecule has 2 aromatic carbocycles. The summed E-state index contributed by atoms with van der Waals surface area (Å²) in [6.45, 7) is 6.40. The van der Waals surface area contributed by atoms with Gasteiger partial charge in [0.2, 0.25) is 0 Å². The number of methoxy groups -OCH3 is 2. The molecule has 2 aromatic rings. The molecule has 0 spiro atoms. The van der Waals surface area contributed by atoms with E-state index in [1.807, 2.05) is 30.3 Å². The third kappa shape index (κ3) is 7.95. The Bertz CT molecular complexity index is 841. The summed E-state index contributed by atoms with van der Waals surface area (Å²) >= 11 is 0. The smallest absolute Gasteiger partial charge is 1.00 e. The standard InChI is InChI=1S/C18H20NO3.C10H14.ClH.Ru/c1-21-16-9-13-8-14(11-20)19-18(12-6-4-3-5-7-12)15(13)10-17(16)22-2;1-8(2)10-6-4-9(3)5-7-10;;/h3-7,9-10,14,18-19H,8,11H2,1-2H3;4-8H,1-3H3;1H;/q-1;;;+2/p-1/t14-,18-;;;/m0.../s1. The minimum Gasteiger partial charge on any atom is -1.00 e. The summed E-state index contributed by atoms with van der Waals surface area (Å²) in [4.78, 5) is 0. The predicted molar refractivity (Wildman–Crippen MR) is 128 cm³/mol. The van der Waals surface area contributed by atoms with Gasteiger partial charge >= 0.3 is 19.5 Å². The van der Waals surface area contributed by atoms with Gasteiger partial charge in [-0.3, -0.25) is 0 Å². The molecule has 4 nitrogen and oxygen atoms in total. The first-order valence-corrected chi connectivity index (χ1v) is 11.2. The van der Waals surface area contributed by atoms with Crippen LogP contribution >= 0.6 is 0 Å². The zero-order chi connectivity index (χ0) is 23.1. The van der Waals surface area contributed by atoms with Gasteiger partial charge in [0.1, 0.15) is 0 Å². The molecule has 0 unspecified atom stereocenters. The number of hydrogen-bond donors (Lipinski definition) is 1. The van der Waals surface area contributed by atoms with Gasteiger partial charge in [-0.2, -0.15) is 0 Å². The molecular weight excluding hydrogens is 535 g/mol. The molecular formula is C28H34ClNO3Ru. The van der Waals surface area contributed by atoms with Crippen molar-refractivity contribution in [3.8, 4) is 11.5 Å². The molecule has 1 saturated carbocycles. The third-order valence-electron chi connectivity index (χ3n) is 5.90. The first-order valence-electron chi connectivity index (χ1n) is 11.2. The number of rotatable bonds is 5. The Kier molecular flexibility index (Phi) is 13.7. The molecule has 1 aliphatic heterocycles. The second-order valence-corrected chi connectivity index (χ2v) is 8.55. The Morgan fingerprint density at radius 3 is 2.09 bits per heavy atom. The number of nitrogens with one attached hydrogen (secondary N) is 1. The second kappa shape index (κ2) is 15.1. The summed E-state index contributed by atoms with van der Waals surface area (Å²) in [5, 5.41) is 14.9. The van der Waals surface area contributed by atoms with Crippen LogP contribution < -0.4 is 32.3 Å². The van der Waals surface area contributed by atoms with Gasteiger partial charge in [0, 0.05) is 0 Å². The Labute approximate surface area is 225 Å². The maximum atomic E-state index is 11.4. The van der Waals surface area contributed by atoms with E-state index in [0.717, 1.165) is 16.7 Å². The SMILES string of the molecule is COc1cc2c(cc1OC)[C@H](c1ccccc1)N[C@H](C[O-])C2.C[C]1[CH][CH][C](C(C)C)[CH][CH]1.[Cl-].[Ru+2]. The second-order valence-electron chi connectivity index (χ2n) is 8.55. The van der Waals surface area contributed by atoms with E-state index in [-0.39, 0.29) is 50.6 Å². The molecule has 1 aliphatic carbocycles. The number of ether oxygens (including phenoxy) is 2. The van der Waals surface area contributed by atoms with Crippen molar-refractivity contribution < 1.29 is 46.5 Å². The fourth-order valence-corrected chi connectivity index (χ4v) is 4.01. The molecule has 0 amide bonds. The van der Waals surface area contributed by atoms with Crippen LogP contribution in [0.1, 0.15) is 43.5 Å². The summed E-state index contributed by atoms with van der Waals surface area (Å²) in [7, 11) is 3.27. The van der Waals surface area contributed by atoms with Crippen molar-refractivity contribution in [2.24, 2.45) is 5.92 Å². The molecule has 0 bridgehead atoms. The van der Waals surface area contributed by atoms with Crippen LogP contribution in [0.5, 0.6) is 11.5 Å². The summed E-state index contributed by atoms with van der Waals surface area (Å²) in [6.07, 6.45) is 9.42. The maximum Gasteiger partial charge on any atom is 2.00 e. The average Bonchev–Trinajstić information content (AvgIpc) is 2.83. The van der Waals surface area contributed by atoms with E-state index in [9.17, 15) is 5.11 Å². The van der Waals surface area contributed by atoms with Crippen LogP contribution in [-0.2, 0) is 25.9 Å². The minimum absolute atomic E-state index is 0. The first kappa shape index (κ1) is 30.9. The van der Waals surface area contributed by atoms with E-state index < -0.39 is 0 Å². The minimum atomic E-state index is -0.142. The average molecular weight is 569 g/mol. The van der Waals surface area contributed by atoms with Crippen LogP contribution in [0.4, 0.5) is 0 Å². The normalized spacial score (nSPS) is 20.2. The van der Waals surface area contributed by atoms with Crippen molar-refractivity contribution in [1.29, 1.82) is 0 Å². The summed E-state index contributed by atoms with van der Waals surface area (Å²) in [6, 6.07) is 14.1. The van der Waals surface area contributed by atoms with Gasteiger partial charge in [-0.25, -0.2) is 0 Å². The summed E-state index contributed by atoms with van der Waals surface area (Å²) in [5.74, 6) is 4.83. The number of hydrogen-bond acceptors (Lipinski definition) is 4. The monoisotopic (exact) mass is 569 g/mol. The fourth-order valence-electron chi connectivity index (χ4n) is 4.01.